The third kappa shape index (κ3) is 3.87. The largest absolute Gasteiger partial charge is 0.417 e. The number of thiocarbonyl (C=S) groups is 1. The monoisotopic (exact) mass is 316 g/mol. The molecule has 1 aromatic carbocycles. The van der Waals surface area contributed by atoms with Gasteiger partial charge in [0.25, 0.3) is 0 Å². The van der Waals surface area contributed by atoms with E-state index in [2.05, 4.69) is 0 Å². The van der Waals surface area contributed by atoms with Gasteiger partial charge in [0.1, 0.15) is 4.99 Å². The van der Waals surface area contributed by atoms with E-state index >= 15 is 0 Å². The van der Waals surface area contributed by atoms with Crippen LogP contribution < -0.4 is 10.6 Å². The third-order valence-electron chi connectivity index (χ3n) is 4.02. The van der Waals surface area contributed by atoms with Gasteiger partial charge in [-0.05, 0) is 37.0 Å². The van der Waals surface area contributed by atoms with Crippen LogP contribution in [-0.4, -0.2) is 18.6 Å². The van der Waals surface area contributed by atoms with Gasteiger partial charge in [-0.1, -0.05) is 25.1 Å². The zero-order valence-corrected chi connectivity index (χ0v) is 12.7. The minimum absolute atomic E-state index is 0.103. The number of anilines is 1. The Morgan fingerprint density at radius 3 is 2.48 bits per heavy atom. The molecule has 0 aliphatic heterocycles. The van der Waals surface area contributed by atoms with E-state index in [1.165, 1.54) is 37.8 Å². The van der Waals surface area contributed by atoms with Crippen LogP contribution in [-0.2, 0) is 6.18 Å². The Balaban J connectivity index is 2.24. The first-order chi connectivity index (χ1) is 9.79. The average Bonchev–Trinajstić information content (AvgIpc) is 2.89. The van der Waals surface area contributed by atoms with Gasteiger partial charge in [0.15, 0.2) is 0 Å². The summed E-state index contributed by atoms with van der Waals surface area (Å²) in [5.41, 5.74) is 5.30. The smallest absolute Gasteiger partial charge is 0.389 e. The van der Waals surface area contributed by atoms with Crippen molar-refractivity contribution in [1.29, 1.82) is 0 Å². The Labute approximate surface area is 128 Å². The molecular weight excluding hydrogens is 297 g/mol. The molecule has 1 aromatic rings. The van der Waals surface area contributed by atoms with Gasteiger partial charge in [-0.25, -0.2) is 0 Å². The highest BCUT2D eigenvalue weighted by Crippen LogP contribution is 2.34. The Morgan fingerprint density at radius 2 is 1.95 bits per heavy atom. The molecule has 1 aliphatic carbocycles. The summed E-state index contributed by atoms with van der Waals surface area (Å²) in [4.78, 5) is 1.76. The molecule has 21 heavy (non-hydrogen) atoms. The van der Waals surface area contributed by atoms with Crippen molar-refractivity contribution in [2.24, 2.45) is 11.7 Å². The molecule has 0 saturated heterocycles. The maximum absolute atomic E-state index is 12.9. The lowest BCUT2D eigenvalue weighted by atomic mass is 10.0. The lowest BCUT2D eigenvalue weighted by molar-refractivity contribution is -0.137. The van der Waals surface area contributed by atoms with Gasteiger partial charge < -0.3 is 10.6 Å². The molecule has 2 nitrogen and oxygen atoms in total. The molecule has 0 bridgehead atoms. The highest BCUT2D eigenvalue weighted by atomic mass is 32.1. The summed E-state index contributed by atoms with van der Waals surface area (Å²) in [6, 6.07) is 3.99. The first-order valence-corrected chi connectivity index (χ1v) is 7.42. The van der Waals surface area contributed by atoms with Crippen LogP contribution in [0.1, 0.15) is 36.8 Å². The topological polar surface area (TPSA) is 29.3 Å². The molecular formula is C15H19F3N2S. The van der Waals surface area contributed by atoms with E-state index in [0.29, 0.717) is 5.92 Å². The zero-order valence-electron chi connectivity index (χ0n) is 11.9. The van der Waals surface area contributed by atoms with Crippen LogP contribution in [0, 0.1) is 5.92 Å². The van der Waals surface area contributed by atoms with Gasteiger partial charge in [0, 0.05) is 24.8 Å². The second-order valence-electron chi connectivity index (χ2n) is 5.62. The van der Waals surface area contributed by atoms with Gasteiger partial charge >= 0.3 is 6.18 Å². The van der Waals surface area contributed by atoms with Crippen molar-refractivity contribution in [2.75, 3.05) is 18.5 Å². The number of nitrogens with zero attached hydrogens (tertiary/aromatic N) is 1. The Bertz CT molecular complexity index is 522. The van der Waals surface area contributed by atoms with E-state index in [9.17, 15) is 13.2 Å². The Hall–Kier alpha value is -1.30. The van der Waals surface area contributed by atoms with E-state index in [1.807, 2.05) is 11.9 Å². The molecule has 116 valence electrons. The minimum atomic E-state index is -4.44. The summed E-state index contributed by atoms with van der Waals surface area (Å²) in [6.07, 6.45) is 0.412. The van der Waals surface area contributed by atoms with Crippen LogP contribution in [0.4, 0.5) is 18.9 Å². The van der Waals surface area contributed by atoms with Crippen LogP contribution in [0.2, 0.25) is 0 Å². The Kier molecular flexibility index (Phi) is 4.76. The second-order valence-corrected chi connectivity index (χ2v) is 6.06. The minimum Gasteiger partial charge on any atom is -0.389 e. The summed E-state index contributed by atoms with van der Waals surface area (Å²) in [5.74, 6) is 0.616. The molecule has 0 atom stereocenters. The fourth-order valence-corrected chi connectivity index (χ4v) is 3.08. The quantitative estimate of drug-likeness (QED) is 0.852. The number of hydrogen-bond acceptors (Lipinski definition) is 2. The maximum atomic E-state index is 12.9. The number of alkyl halides is 3. The Morgan fingerprint density at radius 1 is 1.33 bits per heavy atom. The van der Waals surface area contributed by atoms with Crippen molar-refractivity contribution in [3.8, 4) is 0 Å². The number of benzene rings is 1. The van der Waals surface area contributed by atoms with Crippen molar-refractivity contribution in [2.45, 2.75) is 31.9 Å². The van der Waals surface area contributed by atoms with Gasteiger partial charge in [0.2, 0.25) is 0 Å². The molecule has 0 amide bonds. The predicted molar refractivity (Wildman–Crippen MR) is 82.6 cm³/mol. The fourth-order valence-electron chi connectivity index (χ4n) is 2.91. The third-order valence-corrected chi connectivity index (χ3v) is 4.24. The molecule has 1 saturated carbocycles. The molecule has 0 spiro atoms. The second kappa shape index (κ2) is 6.22. The fraction of sp³-hybridized carbons (Fsp3) is 0.533. The molecule has 1 fully saturated rings. The summed E-state index contributed by atoms with van der Waals surface area (Å²) in [7, 11) is 1.89. The number of rotatable bonds is 4. The van der Waals surface area contributed by atoms with Gasteiger partial charge in [-0.2, -0.15) is 13.2 Å². The van der Waals surface area contributed by atoms with Crippen LogP contribution in [0.15, 0.2) is 18.2 Å². The summed E-state index contributed by atoms with van der Waals surface area (Å²) < 4.78 is 38.8. The molecule has 2 rings (SSSR count). The number of halogens is 3. The van der Waals surface area contributed by atoms with E-state index in [0.717, 1.165) is 18.3 Å². The van der Waals surface area contributed by atoms with Crippen molar-refractivity contribution < 1.29 is 13.2 Å². The maximum Gasteiger partial charge on any atom is 0.417 e. The normalized spacial score (nSPS) is 16.2. The van der Waals surface area contributed by atoms with Gasteiger partial charge in [-0.3, -0.25) is 0 Å². The molecule has 0 heterocycles. The average molecular weight is 316 g/mol. The van der Waals surface area contributed by atoms with Crippen LogP contribution in [0.25, 0.3) is 0 Å². The van der Waals surface area contributed by atoms with E-state index < -0.39 is 11.7 Å². The molecule has 1 aliphatic rings. The lowest BCUT2D eigenvalue weighted by Gasteiger charge is -2.24. The molecule has 2 N–H and O–H groups in total. The van der Waals surface area contributed by atoms with E-state index in [4.69, 9.17) is 18.0 Å². The number of hydrogen-bond donors (Lipinski definition) is 1. The highest BCUT2D eigenvalue weighted by molar-refractivity contribution is 7.80. The van der Waals surface area contributed by atoms with E-state index in [1.54, 1.807) is 0 Å². The first-order valence-electron chi connectivity index (χ1n) is 7.01. The summed E-state index contributed by atoms with van der Waals surface area (Å²) in [5, 5.41) is 0. The predicted octanol–water partition coefficient (Wildman–Crippen LogP) is 3.97. The van der Waals surface area contributed by atoms with Crippen molar-refractivity contribution >= 4 is 22.9 Å². The molecule has 0 radical (unpaired) electrons. The van der Waals surface area contributed by atoms with Crippen molar-refractivity contribution in [3.63, 3.8) is 0 Å². The molecule has 6 heteroatoms. The van der Waals surface area contributed by atoms with Gasteiger partial charge in [-0.15, -0.1) is 0 Å². The summed E-state index contributed by atoms with van der Waals surface area (Å²) >= 11 is 4.77. The van der Waals surface area contributed by atoms with Crippen LogP contribution in [0.3, 0.4) is 0 Å². The van der Waals surface area contributed by atoms with Crippen LogP contribution >= 0.6 is 12.2 Å². The SMILES string of the molecule is CN(CC1CCCC1)c1ccc(C(F)(F)F)c(C(N)=S)c1. The zero-order chi connectivity index (χ0) is 15.6. The standard InChI is InChI=1S/C15H19F3N2S/c1-20(9-10-4-2-3-5-10)11-6-7-13(15(16,17)18)12(8-11)14(19)21/h6-8,10H,2-5,9H2,1H3,(H2,19,21). The lowest BCUT2D eigenvalue weighted by Crippen LogP contribution is -2.25. The van der Waals surface area contributed by atoms with Gasteiger partial charge in [0.05, 0.1) is 5.56 Å². The van der Waals surface area contributed by atoms with Crippen molar-refractivity contribution in [3.05, 3.63) is 29.3 Å². The summed E-state index contributed by atoms with van der Waals surface area (Å²) in [6.45, 7) is 0.849. The highest BCUT2D eigenvalue weighted by Gasteiger charge is 2.34. The molecule has 0 aromatic heterocycles. The van der Waals surface area contributed by atoms with Crippen LogP contribution in [0.5, 0.6) is 0 Å². The molecule has 0 unspecified atom stereocenters. The van der Waals surface area contributed by atoms with Crippen molar-refractivity contribution in [1.82, 2.24) is 0 Å². The first kappa shape index (κ1) is 16.1. The van der Waals surface area contributed by atoms with E-state index in [-0.39, 0.29) is 10.6 Å². The number of nitrogens with two attached hydrogens (primary N) is 1.